The van der Waals surface area contributed by atoms with Gasteiger partial charge < -0.3 is 20.1 Å². The Labute approximate surface area is 331 Å². The molecule has 9 heteroatoms. The van der Waals surface area contributed by atoms with Crippen molar-refractivity contribution >= 4 is 13.8 Å². The smallest absolute Gasteiger partial charge is 0.457 e. The highest BCUT2D eigenvalue weighted by Crippen LogP contribution is 2.43. The molecule has 3 N–H and O–H groups in total. The van der Waals surface area contributed by atoms with Gasteiger partial charge in [0, 0.05) is 19.6 Å². The molecule has 1 unspecified atom stereocenters. The monoisotopic (exact) mass is 778 g/mol. The van der Waals surface area contributed by atoms with Gasteiger partial charge in [-0.3, -0.25) is 13.8 Å². The van der Waals surface area contributed by atoms with Crippen LogP contribution >= 0.6 is 7.82 Å². The van der Waals surface area contributed by atoms with Crippen LogP contribution in [0.4, 0.5) is 0 Å². The second-order valence-electron chi connectivity index (χ2n) is 13.8. The molecule has 0 radical (unpaired) electrons. The SMILES string of the molecule is CC/C=C\C/C=C\C/C=C\C/C=C\C/C=C\C/C=C\CCC(=O)O[C@H](COCCCCCCCCCCCCCCCCCC)COP(=O)(O)OCCN. The Bertz CT molecular complexity index is 1050. The molecule has 54 heavy (non-hydrogen) atoms. The van der Waals surface area contributed by atoms with Crippen LogP contribution in [0.25, 0.3) is 0 Å². The van der Waals surface area contributed by atoms with E-state index in [2.05, 4.69) is 74.6 Å². The quantitative estimate of drug-likeness (QED) is 0.0273. The summed E-state index contributed by atoms with van der Waals surface area (Å²) in [6, 6.07) is 0. The molecule has 2 atom stereocenters. The van der Waals surface area contributed by atoms with E-state index in [9.17, 15) is 14.3 Å². The van der Waals surface area contributed by atoms with Gasteiger partial charge in [-0.15, -0.1) is 0 Å². The molecule has 312 valence electrons. The standard InChI is InChI=1S/C45H80NO7P/c1-3-5-7-9-11-13-15-17-19-21-22-23-24-26-28-30-32-34-36-38-45(47)53-44(43-52-54(48,49)51-41-39-46)42-50-40-37-35-33-31-29-27-25-20-18-16-14-12-10-8-6-4-2/h5,7,11,13,17,19,22-23,26,28,32,34,44H,3-4,6,8-10,12,14-16,18,20-21,24-25,27,29-31,33,35-43,46H2,1-2H3,(H,48,49)/b7-5-,13-11-,19-17-,23-22-,28-26-,34-32-/t44-/m1/s1. The molecule has 0 fully saturated rings. The summed E-state index contributed by atoms with van der Waals surface area (Å²) in [6.45, 7) is 4.71. The molecule has 0 saturated carbocycles. The Hall–Kier alpha value is -2.06. The molecule has 0 aliphatic rings. The number of phosphoric ester groups is 1. The number of unbranched alkanes of at least 4 members (excludes halogenated alkanes) is 15. The lowest BCUT2D eigenvalue weighted by Gasteiger charge is -2.20. The first-order valence-corrected chi connectivity index (χ1v) is 22.9. The van der Waals surface area contributed by atoms with E-state index in [0.29, 0.717) is 13.0 Å². The van der Waals surface area contributed by atoms with Gasteiger partial charge in [-0.05, 0) is 51.4 Å². The third-order valence-corrected chi connectivity index (χ3v) is 9.64. The number of esters is 1. The van der Waals surface area contributed by atoms with E-state index in [0.717, 1.165) is 51.4 Å². The largest absolute Gasteiger partial charge is 0.472 e. The van der Waals surface area contributed by atoms with Gasteiger partial charge in [0.05, 0.1) is 19.8 Å². The van der Waals surface area contributed by atoms with Crippen molar-refractivity contribution in [2.45, 2.75) is 174 Å². The summed E-state index contributed by atoms with van der Waals surface area (Å²) < 4.78 is 33.3. The third kappa shape index (κ3) is 41.1. The number of allylic oxidation sites excluding steroid dienone is 12. The lowest BCUT2D eigenvalue weighted by molar-refractivity contribution is -0.154. The molecule has 0 saturated heterocycles. The molecular formula is C45H80NO7P. The molecule has 0 aliphatic heterocycles. The van der Waals surface area contributed by atoms with Gasteiger partial charge in [-0.25, -0.2) is 4.57 Å². The number of rotatable bonds is 40. The fraction of sp³-hybridized carbons (Fsp3) is 0.711. The Morgan fingerprint density at radius 3 is 1.44 bits per heavy atom. The van der Waals surface area contributed by atoms with Crippen LogP contribution in [0.3, 0.4) is 0 Å². The maximum atomic E-state index is 12.5. The van der Waals surface area contributed by atoms with Gasteiger partial charge >= 0.3 is 13.8 Å². The van der Waals surface area contributed by atoms with Crippen molar-refractivity contribution < 1.29 is 32.8 Å². The predicted molar refractivity (Wildman–Crippen MR) is 228 cm³/mol. The topological polar surface area (TPSA) is 117 Å². The van der Waals surface area contributed by atoms with Crippen LogP contribution in [-0.2, 0) is 27.9 Å². The minimum Gasteiger partial charge on any atom is -0.457 e. The van der Waals surface area contributed by atoms with E-state index < -0.39 is 19.9 Å². The molecule has 0 spiro atoms. The summed E-state index contributed by atoms with van der Waals surface area (Å²) in [5.74, 6) is -0.412. The van der Waals surface area contributed by atoms with Gasteiger partial charge in [-0.1, -0.05) is 183 Å². The maximum Gasteiger partial charge on any atom is 0.472 e. The van der Waals surface area contributed by atoms with Crippen molar-refractivity contribution in [1.82, 2.24) is 0 Å². The first kappa shape index (κ1) is 51.9. The summed E-state index contributed by atoms with van der Waals surface area (Å²) in [7, 11) is -4.30. The van der Waals surface area contributed by atoms with Crippen molar-refractivity contribution in [2.24, 2.45) is 5.73 Å². The second-order valence-corrected chi connectivity index (χ2v) is 15.3. The van der Waals surface area contributed by atoms with E-state index in [4.69, 9.17) is 24.3 Å². The number of ether oxygens (including phenoxy) is 2. The van der Waals surface area contributed by atoms with Crippen molar-refractivity contribution in [1.29, 1.82) is 0 Å². The normalized spacial score (nSPS) is 14.2. The average Bonchev–Trinajstić information content (AvgIpc) is 3.16. The van der Waals surface area contributed by atoms with Crippen LogP contribution in [0, 0.1) is 0 Å². The minimum absolute atomic E-state index is 0.0846. The van der Waals surface area contributed by atoms with Gasteiger partial charge in [0.15, 0.2) is 0 Å². The molecular weight excluding hydrogens is 697 g/mol. The van der Waals surface area contributed by atoms with Gasteiger partial charge in [0.25, 0.3) is 0 Å². The van der Waals surface area contributed by atoms with E-state index >= 15 is 0 Å². The highest BCUT2D eigenvalue weighted by molar-refractivity contribution is 7.47. The summed E-state index contributed by atoms with van der Waals surface area (Å²) in [5.41, 5.74) is 5.36. The van der Waals surface area contributed by atoms with Crippen LogP contribution in [0.1, 0.15) is 168 Å². The molecule has 0 rings (SSSR count). The van der Waals surface area contributed by atoms with Crippen molar-refractivity contribution in [3.8, 4) is 0 Å². The summed E-state index contributed by atoms with van der Waals surface area (Å²) in [4.78, 5) is 22.4. The van der Waals surface area contributed by atoms with Crippen molar-refractivity contribution in [2.75, 3.05) is 33.0 Å². The van der Waals surface area contributed by atoms with Crippen molar-refractivity contribution in [3.63, 3.8) is 0 Å². The van der Waals surface area contributed by atoms with E-state index in [-0.39, 0.29) is 32.8 Å². The number of nitrogens with two attached hydrogens (primary N) is 1. The van der Waals surface area contributed by atoms with Gasteiger partial charge in [-0.2, -0.15) is 0 Å². The summed E-state index contributed by atoms with van der Waals surface area (Å²) in [6.07, 6.45) is 52.2. The van der Waals surface area contributed by atoms with Crippen LogP contribution in [0.2, 0.25) is 0 Å². The average molecular weight is 778 g/mol. The number of hydrogen-bond acceptors (Lipinski definition) is 7. The molecule has 0 aromatic rings. The first-order chi connectivity index (χ1) is 26.4. The number of hydrogen-bond donors (Lipinski definition) is 2. The van der Waals surface area contributed by atoms with Crippen LogP contribution in [-0.4, -0.2) is 49.9 Å². The lowest BCUT2D eigenvalue weighted by Crippen LogP contribution is -2.28. The Balaban J connectivity index is 4.18. The van der Waals surface area contributed by atoms with Crippen LogP contribution in [0.15, 0.2) is 72.9 Å². The zero-order valence-corrected chi connectivity index (χ0v) is 35.3. The van der Waals surface area contributed by atoms with Crippen LogP contribution < -0.4 is 5.73 Å². The number of carbonyl (C=O) groups excluding carboxylic acids is 1. The lowest BCUT2D eigenvalue weighted by atomic mass is 10.0. The second kappa shape index (κ2) is 42.1. The number of phosphoric acid groups is 1. The third-order valence-electron chi connectivity index (χ3n) is 8.65. The van der Waals surface area contributed by atoms with E-state index in [1.165, 1.54) is 89.9 Å². The van der Waals surface area contributed by atoms with Crippen molar-refractivity contribution in [3.05, 3.63) is 72.9 Å². The van der Waals surface area contributed by atoms with E-state index in [1.807, 2.05) is 12.2 Å². The zero-order valence-electron chi connectivity index (χ0n) is 34.4. The summed E-state index contributed by atoms with van der Waals surface area (Å²) >= 11 is 0. The minimum atomic E-state index is -4.30. The zero-order chi connectivity index (χ0) is 39.5. The van der Waals surface area contributed by atoms with Gasteiger partial charge in [0.1, 0.15) is 6.10 Å². The molecule has 0 aromatic carbocycles. The Morgan fingerprint density at radius 2 is 1.00 bits per heavy atom. The highest BCUT2D eigenvalue weighted by atomic mass is 31.2. The highest BCUT2D eigenvalue weighted by Gasteiger charge is 2.25. The molecule has 0 heterocycles. The van der Waals surface area contributed by atoms with E-state index in [1.54, 1.807) is 0 Å². The Morgan fingerprint density at radius 1 is 0.574 bits per heavy atom. The van der Waals surface area contributed by atoms with Crippen LogP contribution in [0.5, 0.6) is 0 Å². The molecule has 0 aliphatic carbocycles. The fourth-order valence-corrected chi connectivity index (χ4v) is 6.32. The number of carbonyl (C=O) groups is 1. The predicted octanol–water partition coefficient (Wildman–Crippen LogP) is 12.7. The summed E-state index contributed by atoms with van der Waals surface area (Å²) in [5, 5.41) is 0. The molecule has 0 aromatic heterocycles. The maximum absolute atomic E-state index is 12.5. The molecule has 0 bridgehead atoms. The molecule has 8 nitrogen and oxygen atoms in total. The molecule has 0 amide bonds. The fourth-order valence-electron chi connectivity index (χ4n) is 5.55. The van der Waals surface area contributed by atoms with Gasteiger partial charge in [0.2, 0.25) is 0 Å². The first-order valence-electron chi connectivity index (χ1n) is 21.4. The Kier molecular flexibility index (Phi) is 40.5.